The molecule has 1 aromatic heterocycles. The molecule has 4 heteroatoms. The van der Waals surface area contributed by atoms with Crippen LogP contribution in [0.5, 0.6) is 0 Å². The largest absolute Gasteiger partial charge is 0.329 e. The standard InChI is InChI=1S/C13H13N3O/c1-8-6-14-13(15-7-8)9-3-2-4-11-10(9)5-12(17)16-11/h3,6-7H,2,4-5H2,1H3,(H,16,17). The van der Waals surface area contributed by atoms with E-state index in [4.69, 9.17) is 0 Å². The molecule has 1 aliphatic carbocycles. The fraction of sp³-hybridized carbons (Fsp3) is 0.308. The predicted octanol–water partition coefficient (Wildman–Crippen LogP) is 1.74. The number of carbonyl (C=O) groups excluding carboxylic acids is 1. The Balaban J connectivity index is 2.00. The van der Waals surface area contributed by atoms with Crippen molar-refractivity contribution in [1.29, 1.82) is 0 Å². The molecule has 1 amide bonds. The highest BCUT2D eigenvalue weighted by atomic mass is 16.1. The second kappa shape index (κ2) is 3.80. The molecule has 1 N–H and O–H groups in total. The lowest BCUT2D eigenvalue weighted by molar-refractivity contribution is -0.118. The third kappa shape index (κ3) is 1.75. The first-order valence-electron chi connectivity index (χ1n) is 5.75. The molecule has 4 nitrogen and oxygen atoms in total. The first kappa shape index (κ1) is 10.2. The van der Waals surface area contributed by atoms with E-state index in [9.17, 15) is 4.79 Å². The van der Waals surface area contributed by atoms with Crippen LogP contribution in [-0.4, -0.2) is 15.9 Å². The number of hydrogen-bond acceptors (Lipinski definition) is 3. The quantitative estimate of drug-likeness (QED) is 0.795. The molecule has 0 saturated carbocycles. The van der Waals surface area contributed by atoms with Crippen LogP contribution in [-0.2, 0) is 4.79 Å². The molecule has 0 saturated heterocycles. The fourth-order valence-electron chi connectivity index (χ4n) is 2.27. The highest BCUT2D eigenvalue weighted by Crippen LogP contribution is 2.34. The van der Waals surface area contributed by atoms with Crippen LogP contribution < -0.4 is 5.32 Å². The molecule has 0 spiro atoms. The number of aromatic nitrogens is 2. The minimum Gasteiger partial charge on any atom is -0.329 e. The van der Waals surface area contributed by atoms with E-state index in [1.807, 2.05) is 19.3 Å². The zero-order valence-electron chi connectivity index (χ0n) is 9.66. The molecular formula is C13H13N3O. The van der Waals surface area contributed by atoms with Gasteiger partial charge in [0, 0.05) is 23.7 Å². The van der Waals surface area contributed by atoms with Gasteiger partial charge < -0.3 is 5.32 Å². The van der Waals surface area contributed by atoms with Crippen molar-refractivity contribution in [3.8, 4) is 0 Å². The van der Waals surface area contributed by atoms with Crippen LogP contribution in [0, 0.1) is 6.92 Å². The van der Waals surface area contributed by atoms with Gasteiger partial charge in [-0.3, -0.25) is 4.79 Å². The van der Waals surface area contributed by atoms with Gasteiger partial charge in [0.1, 0.15) is 0 Å². The summed E-state index contributed by atoms with van der Waals surface area (Å²) in [7, 11) is 0. The number of rotatable bonds is 1. The Morgan fingerprint density at radius 3 is 2.82 bits per heavy atom. The summed E-state index contributed by atoms with van der Waals surface area (Å²) in [6.45, 7) is 1.96. The number of allylic oxidation sites excluding steroid dienone is 3. The van der Waals surface area contributed by atoms with Gasteiger partial charge in [0.05, 0.1) is 6.42 Å². The molecule has 0 fully saturated rings. The van der Waals surface area contributed by atoms with Crippen LogP contribution >= 0.6 is 0 Å². The molecule has 0 atom stereocenters. The summed E-state index contributed by atoms with van der Waals surface area (Å²) in [5, 5.41) is 2.91. The summed E-state index contributed by atoms with van der Waals surface area (Å²) in [5.74, 6) is 0.800. The highest BCUT2D eigenvalue weighted by Gasteiger charge is 2.27. The SMILES string of the molecule is Cc1cnc(C2=CCCC3=C2CC(=O)N3)nc1. The van der Waals surface area contributed by atoms with Crippen LogP contribution in [0.3, 0.4) is 0 Å². The summed E-state index contributed by atoms with van der Waals surface area (Å²) in [6, 6.07) is 0. The number of nitrogens with one attached hydrogen (secondary N) is 1. The van der Waals surface area contributed by atoms with Gasteiger partial charge in [0.15, 0.2) is 5.82 Å². The van der Waals surface area contributed by atoms with E-state index in [0.29, 0.717) is 6.42 Å². The summed E-state index contributed by atoms with van der Waals surface area (Å²) in [5.41, 5.74) is 4.19. The molecule has 17 heavy (non-hydrogen) atoms. The first-order valence-corrected chi connectivity index (χ1v) is 5.75. The van der Waals surface area contributed by atoms with Crippen molar-refractivity contribution < 1.29 is 4.79 Å². The van der Waals surface area contributed by atoms with Crippen molar-refractivity contribution in [2.24, 2.45) is 0 Å². The minimum absolute atomic E-state index is 0.0786. The monoisotopic (exact) mass is 227 g/mol. The average Bonchev–Trinajstić information content (AvgIpc) is 2.70. The summed E-state index contributed by atoms with van der Waals surface area (Å²) in [6.07, 6.45) is 8.05. The second-order valence-corrected chi connectivity index (χ2v) is 4.42. The van der Waals surface area contributed by atoms with Gasteiger partial charge in [0.2, 0.25) is 5.91 Å². The van der Waals surface area contributed by atoms with Gasteiger partial charge in [0.25, 0.3) is 0 Å². The maximum Gasteiger partial charge on any atom is 0.228 e. The first-order chi connectivity index (χ1) is 8.24. The van der Waals surface area contributed by atoms with Crippen molar-refractivity contribution in [2.75, 3.05) is 0 Å². The second-order valence-electron chi connectivity index (χ2n) is 4.42. The van der Waals surface area contributed by atoms with Crippen molar-refractivity contribution in [3.63, 3.8) is 0 Å². The lowest BCUT2D eigenvalue weighted by atomic mass is 9.94. The molecular weight excluding hydrogens is 214 g/mol. The normalized spacial score (nSPS) is 18.9. The van der Waals surface area contributed by atoms with E-state index in [-0.39, 0.29) is 5.91 Å². The van der Waals surface area contributed by atoms with E-state index < -0.39 is 0 Å². The van der Waals surface area contributed by atoms with Gasteiger partial charge in [-0.15, -0.1) is 0 Å². The van der Waals surface area contributed by atoms with Crippen LogP contribution in [0.25, 0.3) is 5.57 Å². The van der Waals surface area contributed by atoms with Gasteiger partial charge in [-0.1, -0.05) is 6.08 Å². The maximum atomic E-state index is 11.4. The van der Waals surface area contributed by atoms with Crippen molar-refractivity contribution in [3.05, 3.63) is 41.1 Å². The number of amides is 1. The predicted molar refractivity (Wildman–Crippen MR) is 63.8 cm³/mol. The van der Waals surface area contributed by atoms with Crippen LogP contribution in [0.2, 0.25) is 0 Å². The lowest BCUT2D eigenvalue weighted by Gasteiger charge is -2.14. The number of nitrogens with zero attached hydrogens (tertiary/aromatic N) is 2. The summed E-state index contributed by atoms with van der Waals surface area (Å²) < 4.78 is 0. The van der Waals surface area contributed by atoms with E-state index in [0.717, 1.165) is 41.1 Å². The lowest BCUT2D eigenvalue weighted by Crippen LogP contribution is -2.15. The Labute approximate surface area is 99.5 Å². The average molecular weight is 227 g/mol. The van der Waals surface area contributed by atoms with E-state index in [2.05, 4.69) is 21.4 Å². The molecule has 0 bridgehead atoms. The van der Waals surface area contributed by atoms with E-state index in [1.54, 1.807) is 0 Å². The number of aryl methyl sites for hydroxylation is 1. The maximum absolute atomic E-state index is 11.4. The van der Waals surface area contributed by atoms with Crippen molar-refractivity contribution >= 4 is 11.5 Å². The van der Waals surface area contributed by atoms with Gasteiger partial charge >= 0.3 is 0 Å². The fourth-order valence-corrected chi connectivity index (χ4v) is 2.27. The molecule has 1 aromatic rings. The topological polar surface area (TPSA) is 54.9 Å². The molecule has 0 unspecified atom stereocenters. The minimum atomic E-state index is 0.0786. The molecule has 0 aromatic carbocycles. The van der Waals surface area contributed by atoms with Crippen LogP contribution in [0.4, 0.5) is 0 Å². The zero-order chi connectivity index (χ0) is 11.8. The molecule has 86 valence electrons. The van der Waals surface area contributed by atoms with Crippen LogP contribution in [0.15, 0.2) is 29.7 Å². The third-order valence-corrected chi connectivity index (χ3v) is 3.08. The Morgan fingerprint density at radius 1 is 1.29 bits per heavy atom. The highest BCUT2D eigenvalue weighted by molar-refractivity contribution is 5.93. The molecule has 0 radical (unpaired) electrons. The van der Waals surface area contributed by atoms with Crippen molar-refractivity contribution in [2.45, 2.75) is 26.2 Å². The molecule has 2 heterocycles. The van der Waals surface area contributed by atoms with Crippen LogP contribution in [0.1, 0.15) is 30.7 Å². The molecule has 2 aliphatic rings. The molecule has 3 rings (SSSR count). The van der Waals surface area contributed by atoms with E-state index in [1.165, 1.54) is 0 Å². The van der Waals surface area contributed by atoms with E-state index >= 15 is 0 Å². The molecule has 1 aliphatic heterocycles. The zero-order valence-corrected chi connectivity index (χ0v) is 9.66. The van der Waals surface area contributed by atoms with Crippen molar-refractivity contribution in [1.82, 2.24) is 15.3 Å². The summed E-state index contributed by atoms with van der Waals surface area (Å²) in [4.78, 5) is 20.1. The number of hydrogen-bond donors (Lipinski definition) is 1. The van der Waals surface area contributed by atoms with Gasteiger partial charge in [-0.2, -0.15) is 0 Å². The Bertz CT molecular complexity index is 540. The Kier molecular flexibility index (Phi) is 2.28. The summed E-state index contributed by atoms with van der Waals surface area (Å²) >= 11 is 0. The third-order valence-electron chi connectivity index (χ3n) is 3.08. The van der Waals surface area contributed by atoms with Gasteiger partial charge in [-0.25, -0.2) is 9.97 Å². The smallest absolute Gasteiger partial charge is 0.228 e. The van der Waals surface area contributed by atoms with Gasteiger partial charge in [-0.05, 0) is 30.9 Å². The Hall–Kier alpha value is -1.97. The number of carbonyl (C=O) groups is 1. The Morgan fingerprint density at radius 2 is 2.06 bits per heavy atom.